The summed E-state index contributed by atoms with van der Waals surface area (Å²) in [6, 6.07) is 13.5. The van der Waals surface area contributed by atoms with E-state index in [0.29, 0.717) is 24.6 Å². The predicted octanol–water partition coefficient (Wildman–Crippen LogP) is 3.92. The Morgan fingerprint density at radius 1 is 1.10 bits per heavy atom. The number of rotatable bonds is 7. The van der Waals surface area contributed by atoms with E-state index in [-0.39, 0.29) is 29.7 Å². The molecule has 1 heterocycles. The van der Waals surface area contributed by atoms with Gasteiger partial charge in [-0.05, 0) is 30.7 Å². The molecule has 31 heavy (non-hydrogen) atoms. The second-order valence-electron chi connectivity index (χ2n) is 7.03. The average Bonchev–Trinajstić information content (AvgIpc) is 2.76. The summed E-state index contributed by atoms with van der Waals surface area (Å²) in [6.07, 6.45) is 0. The lowest BCUT2D eigenvalue weighted by Crippen LogP contribution is -2.37. The van der Waals surface area contributed by atoms with E-state index in [0.717, 1.165) is 37.4 Å². The van der Waals surface area contributed by atoms with Crippen LogP contribution in [0, 0.1) is 6.92 Å². The number of anilines is 1. The normalized spacial score (nSPS) is 14.2. The molecule has 1 aliphatic rings. The fourth-order valence-electron chi connectivity index (χ4n) is 3.29. The molecular weight excluding hydrogens is 517 g/mol. The van der Waals surface area contributed by atoms with Crippen molar-refractivity contribution in [3.8, 4) is 5.75 Å². The van der Waals surface area contributed by atoms with Crippen LogP contribution in [0.1, 0.15) is 16.7 Å². The zero-order valence-corrected chi connectivity index (χ0v) is 20.1. The van der Waals surface area contributed by atoms with Crippen molar-refractivity contribution in [1.29, 1.82) is 0 Å². The maximum atomic E-state index is 12.6. The zero-order valence-electron chi connectivity index (χ0n) is 17.7. The Bertz CT molecular complexity index is 844. The van der Waals surface area contributed by atoms with Gasteiger partial charge in [0.25, 0.3) is 0 Å². The van der Waals surface area contributed by atoms with E-state index in [2.05, 4.69) is 49.5 Å². The van der Waals surface area contributed by atoms with Gasteiger partial charge in [0.05, 0.1) is 13.2 Å². The molecule has 0 aromatic heterocycles. The van der Waals surface area contributed by atoms with Crippen molar-refractivity contribution in [2.24, 2.45) is 4.99 Å². The molecule has 2 N–H and O–H groups in total. The quantitative estimate of drug-likeness (QED) is 0.314. The Morgan fingerprint density at radius 3 is 2.42 bits per heavy atom. The van der Waals surface area contributed by atoms with Gasteiger partial charge in [-0.15, -0.1) is 24.0 Å². The number of alkyl halides is 2. The van der Waals surface area contributed by atoms with Crippen molar-refractivity contribution in [3.63, 3.8) is 0 Å². The van der Waals surface area contributed by atoms with E-state index >= 15 is 0 Å². The lowest BCUT2D eigenvalue weighted by atomic mass is 10.1. The molecule has 0 atom stereocenters. The first-order valence-corrected chi connectivity index (χ1v) is 9.95. The summed E-state index contributed by atoms with van der Waals surface area (Å²) < 4.78 is 35.3. The molecule has 9 heteroatoms. The molecule has 0 amide bonds. The number of hydrogen-bond acceptors (Lipinski definition) is 4. The van der Waals surface area contributed by atoms with Gasteiger partial charge in [-0.1, -0.05) is 29.8 Å². The Kier molecular flexibility index (Phi) is 10.3. The van der Waals surface area contributed by atoms with Crippen molar-refractivity contribution >= 4 is 35.6 Å². The van der Waals surface area contributed by atoms with Crippen molar-refractivity contribution in [2.75, 3.05) is 38.3 Å². The molecule has 1 aliphatic heterocycles. The molecule has 0 saturated carbocycles. The number of aliphatic imine (C=N–C) groups is 1. The van der Waals surface area contributed by atoms with Crippen LogP contribution >= 0.6 is 24.0 Å². The third-order valence-corrected chi connectivity index (χ3v) is 4.87. The molecule has 0 spiro atoms. The van der Waals surface area contributed by atoms with Crippen LogP contribution in [0.4, 0.5) is 14.5 Å². The molecule has 1 saturated heterocycles. The maximum absolute atomic E-state index is 12.6. The van der Waals surface area contributed by atoms with E-state index in [4.69, 9.17) is 4.74 Å². The molecule has 2 aromatic carbocycles. The summed E-state index contributed by atoms with van der Waals surface area (Å²) in [4.78, 5) is 6.51. The number of aryl methyl sites for hydroxylation is 1. The third kappa shape index (κ3) is 7.80. The van der Waals surface area contributed by atoms with E-state index < -0.39 is 6.61 Å². The van der Waals surface area contributed by atoms with Gasteiger partial charge in [0.15, 0.2) is 5.96 Å². The molecule has 0 radical (unpaired) electrons. The van der Waals surface area contributed by atoms with Crippen LogP contribution in [0.3, 0.4) is 0 Å². The number of guanidine groups is 1. The van der Waals surface area contributed by atoms with Gasteiger partial charge >= 0.3 is 6.61 Å². The van der Waals surface area contributed by atoms with Crippen LogP contribution in [0.2, 0.25) is 0 Å². The molecule has 3 rings (SSSR count). The minimum Gasteiger partial charge on any atom is -0.434 e. The monoisotopic (exact) mass is 546 g/mol. The van der Waals surface area contributed by atoms with Gasteiger partial charge in [-0.25, -0.2) is 0 Å². The van der Waals surface area contributed by atoms with Crippen LogP contribution in [-0.4, -0.2) is 45.9 Å². The van der Waals surface area contributed by atoms with Crippen LogP contribution in [0.15, 0.2) is 47.5 Å². The molecule has 6 nitrogen and oxygen atoms in total. The molecular formula is C22H29F2IN4O2. The van der Waals surface area contributed by atoms with Gasteiger partial charge in [0.2, 0.25) is 0 Å². The van der Waals surface area contributed by atoms with Crippen molar-refractivity contribution in [1.82, 2.24) is 10.6 Å². The van der Waals surface area contributed by atoms with Crippen LogP contribution in [0.25, 0.3) is 0 Å². The summed E-state index contributed by atoms with van der Waals surface area (Å²) in [7, 11) is 1.67. The topological polar surface area (TPSA) is 58.1 Å². The molecule has 2 aromatic rings. The number of morpholine rings is 1. The molecule has 0 aliphatic carbocycles. The summed E-state index contributed by atoms with van der Waals surface area (Å²) >= 11 is 0. The zero-order chi connectivity index (χ0) is 21.3. The van der Waals surface area contributed by atoms with Gasteiger partial charge in [0, 0.05) is 44.5 Å². The summed E-state index contributed by atoms with van der Waals surface area (Å²) in [6.45, 7) is 3.30. The van der Waals surface area contributed by atoms with E-state index in [1.54, 1.807) is 19.2 Å². The number of halogens is 3. The standard InChI is InChI=1S/C22H28F2N4O2.HI/c1-16-3-8-20(30-21(23)24)18(13-16)15-27-22(25-2)26-14-17-4-6-19(7-5-17)28-9-11-29-12-10-28;/h3-8,13,21H,9-12,14-15H2,1-2H3,(H2,25,26,27);1H. The first-order valence-electron chi connectivity index (χ1n) is 9.95. The second kappa shape index (κ2) is 12.7. The van der Waals surface area contributed by atoms with E-state index in [1.165, 1.54) is 5.69 Å². The highest BCUT2D eigenvalue weighted by Crippen LogP contribution is 2.22. The summed E-state index contributed by atoms with van der Waals surface area (Å²) in [5.41, 5.74) is 3.92. The highest BCUT2D eigenvalue weighted by Gasteiger charge is 2.12. The molecule has 170 valence electrons. The second-order valence-corrected chi connectivity index (χ2v) is 7.03. The minimum atomic E-state index is -2.86. The van der Waals surface area contributed by atoms with Gasteiger partial charge in [-0.2, -0.15) is 8.78 Å². The van der Waals surface area contributed by atoms with Crippen molar-refractivity contribution in [3.05, 3.63) is 59.2 Å². The van der Waals surface area contributed by atoms with Gasteiger partial charge in [-0.3, -0.25) is 4.99 Å². The Balaban J connectivity index is 0.00000341. The number of nitrogens with one attached hydrogen (secondary N) is 2. The van der Waals surface area contributed by atoms with Crippen molar-refractivity contribution < 1.29 is 18.3 Å². The lowest BCUT2D eigenvalue weighted by Gasteiger charge is -2.28. The first-order chi connectivity index (χ1) is 14.5. The number of ether oxygens (including phenoxy) is 2. The van der Waals surface area contributed by atoms with Gasteiger partial charge < -0.3 is 25.0 Å². The number of benzene rings is 2. The van der Waals surface area contributed by atoms with Crippen molar-refractivity contribution in [2.45, 2.75) is 26.6 Å². The van der Waals surface area contributed by atoms with Crippen LogP contribution < -0.4 is 20.3 Å². The Labute approximate surface area is 199 Å². The fraction of sp³-hybridized carbons (Fsp3) is 0.409. The van der Waals surface area contributed by atoms with Crippen LogP contribution in [-0.2, 0) is 17.8 Å². The van der Waals surface area contributed by atoms with E-state index in [1.807, 2.05) is 13.0 Å². The third-order valence-electron chi connectivity index (χ3n) is 4.87. The molecule has 0 unspecified atom stereocenters. The number of nitrogens with zero attached hydrogens (tertiary/aromatic N) is 2. The average molecular weight is 546 g/mol. The van der Waals surface area contributed by atoms with Gasteiger partial charge in [0.1, 0.15) is 5.75 Å². The number of hydrogen-bond donors (Lipinski definition) is 2. The molecule has 1 fully saturated rings. The summed E-state index contributed by atoms with van der Waals surface area (Å²) in [5, 5.41) is 6.40. The smallest absolute Gasteiger partial charge is 0.387 e. The largest absolute Gasteiger partial charge is 0.434 e. The Morgan fingerprint density at radius 2 is 1.77 bits per heavy atom. The minimum absolute atomic E-state index is 0. The maximum Gasteiger partial charge on any atom is 0.387 e. The highest BCUT2D eigenvalue weighted by molar-refractivity contribution is 14.0. The highest BCUT2D eigenvalue weighted by atomic mass is 127. The van der Waals surface area contributed by atoms with Crippen LogP contribution in [0.5, 0.6) is 5.75 Å². The lowest BCUT2D eigenvalue weighted by molar-refractivity contribution is -0.0504. The SMILES string of the molecule is CN=C(NCc1ccc(N2CCOCC2)cc1)NCc1cc(C)ccc1OC(F)F.I. The predicted molar refractivity (Wildman–Crippen MR) is 130 cm³/mol. The van der Waals surface area contributed by atoms with E-state index in [9.17, 15) is 8.78 Å². The fourth-order valence-corrected chi connectivity index (χ4v) is 3.29. The first kappa shape index (κ1) is 25.1. The Hall–Kier alpha value is -2.14. The summed E-state index contributed by atoms with van der Waals surface area (Å²) in [5.74, 6) is 0.744. The molecule has 0 bridgehead atoms.